The summed E-state index contributed by atoms with van der Waals surface area (Å²) in [6.45, 7) is 21.5. The van der Waals surface area contributed by atoms with Crippen LogP contribution in [0.4, 0.5) is 0 Å². The second-order valence-corrected chi connectivity index (χ2v) is 28.2. The molecule has 14 amide bonds. The van der Waals surface area contributed by atoms with Crippen molar-refractivity contribution in [3.63, 3.8) is 0 Å². The second kappa shape index (κ2) is 44.1. The number of hydrogen-bond donors (Lipinski definition) is 2. The van der Waals surface area contributed by atoms with Gasteiger partial charge in [-0.25, -0.2) is 0 Å². The highest BCUT2D eigenvalue weighted by Gasteiger charge is 2.36. The van der Waals surface area contributed by atoms with Gasteiger partial charge in [-0.15, -0.1) is 0 Å². The van der Waals surface area contributed by atoms with Gasteiger partial charge in [0, 0.05) is 140 Å². The highest BCUT2D eigenvalue weighted by atomic mass is 16.2. The van der Waals surface area contributed by atoms with Crippen LogP contribution in [0.5, 0.6) is 0 Å². The molecule has 4 heterocycles. The van der Waals surface area contributed by atoms with E-state index in [4.69, 9.17) is 5.73 Å². The van der Waals surface area contributed by atoms with E-state index in [9.17, 15) is 43.2 Å². The Kier molecular flexibility index (Phi) is 37.6. The molecule has 4 fully saturated rings. The van der Waals surface area contributed by atoms with Gasteiger partial charge in [0.15, 0.2) is 0 Å². The Labute approximate surface area is 601 Å². The monoisotopic (exact) mass is 1420 g/mol. The molecule has 4 saturated heterocycles. The van der Waals surface area contributed by atoms with E-state index in [-0.39, 0.29) is 119 Å². The number of nitrogens with two attached hydrogens (primary N) is 1. The zero-order valence-corrected chi connectivity index (χ0v) is 63.4. The highest BCUT2D eigenvalue weighted by Crippen LogP contribution is 2.19. The van der Waals surface area contributed by atoms with Gasteiger partial charge in [0.25, 0.3) is 0 Å². The van der Waals surface area contributed by atoms with E-state index in [1.54, 1.807) is 47.3 Å². The summed E-state index contributed by atoms with van der Waals surface area (Å²) in [6.07, 6.45) is 8.56. The third-order valence-electron chi connectivity index (χ3n) is 20.8. The molecule has 101 heavy (non-hydrogen) atoms. The van der Waals surface area contributed by atoms with E-state index in [0.29, 0.717) is 136 Å². The summed E-state index contributed by atoms with van der Waals surface area (Å²) in [4.78, 5) is 215. The van der Waals surface area contributed by atoms with Crippen molar-refractivity contribution in [2.45, 2.75) is 235 Å². The first-order valence-corrected chi connectivity index (χ1v) is 37.7. The number of amides is 14. The fourth-order valence-corrected chi connectivity index (χ4v) is 13.0. The Bertz CT molecular complexity index is 2790. The maximum absolute atomic E-state index is 15.2. The van der Waals surface area contributed by atoms with Crippen LogP contribution in [0.1, 0.15) is 199 Å². The van der Waals surface area contributed by atoms with Gasteiger partial charge in [0.2, 0.25) is 82.7 Å². The van der Waals surface area contributed by atoms with Gasteiger partial charge in [0.05, 0.1) is 39.3 Å². The molecule has 6 unspecified atom stereocenters. The summed E-state index contributed by atoms with van der Waals surface area (Å²) in [5.74, 6) is -5.66. The topological polar surface area (TPSA) is 319 Å². The van der Waals surface area contributed by atoms with Crippen LogP contribution < -0.4 is 11.1 Å². The van der Waals surface area contributed by atoms with Crippen LogP contribution in [0.3, 0.4) is 0 Å². The Balaban J connectivity index is 1.69. The smallest absolute Gasteiger partial charge is 0.242 e. The quantitative estimate of drug-likeness (QED) is 0.0884. The lowest BCUT2D eigenvalue weighted by atomic mass is 10.1. The first-order chi connectivity index (χ1) is 48.0. The van der Waals surface area contributed by atoms with E-state index in [0.717, 1.165) is 6.42 Å². The summed E-state index contributed by atoms with van der Waals surface area (Å²) in [6, 6.07) is -2.30. The molecule has 0 saturated carbocycles. The van der Waals surface area contributed by atoms with Crippen molar-refractivity contribution in [2.24, 2.45) is 5.73 Å². The molecule has 4 aliphatic rings. The largest absolute Gasteiger partial charge is 0.368 e. The fourth-order valence-electron chi connectivity index (χ4n) is 13.0. The van der Waals surface area contributed by atoms with E-state index < -0.39 is 117 Å². The van der Waals surface area contributed by atoms with E-state index in [1.807, 2.05) is 55.4 Å². The highest BCUT2D eigenvalue weighted by molar-refractivity contribution is 5.95. The van der Waals surface area contributed by atoms with Crippen molar-refractivity contribution >= 4 is 82.7 Å². The number of likely N-dealkylation sites (tertiary alicyclic amines) is 4. The third kappa shape index (κ3) is 27.7. The fraction of sp³-hybridized carbons (Fsp3) is 0.806. The molecule has 0 aromatic rings. The van der Waals surface area contributed by atoms with Crippen molar-refractivity contribution in [2.75, 3.05) is 144 Å². The number of rotatable bonds is 48. The zero-order chi connectivity index (χ0) is 75.0. The second-order valence-electron chi connectivity index (χ2n) is 28.2. The minimum atomic E-state index is -0.717. The first kappa shape index (κ1) is 85.9. The lowest BCUT2D eigenvalue weighted by Gasteiger charge is -2.36. The maximum atomic E-state index is 15.2. The first-order valence-electron chi connectivity index (χ1n) is 37.7. The summed E-state index contributed by atoms with van der Waals surface area (Å²) in [7, 11) is 0. The van der Waals surface area contributed by atoms with E-state index in [1.165, 1.54) is 44.1 Å². The summed E-state index contributed by atoms with van der Waals surface area (Å²) >= 11 is 0. The molecule has 4 aliphatic heterocycles. The average Bonchev–Trinajstić information content (AvgIpc) is 1.83. The summed E-state index contributed by atoms with van der Waals surface area (Å²) in [5, 5.41) is 3.22. The van der Waals surface area contributed by atoms with Crippen LogP contribution in [-0.4, -0.2) is 327 Å². The Hall–Kier alpha value is -7.46. The number of carbonyl (C=O) groups is 14. The van der Waals surface area contributed by atoms with Gasteiger partial charge < -0.3 is 74.7 Å². The van der Waals surface area contributed by atoms with Gasteiger partial charge in [-0.3, -0.25) is 67.1 Å². The lowest BCUT2D eigenvalue weighted by Crippen LogP contribution is -2.55. The standard InChI is InChI=1S/C72H125N15O14/c1-13-53(7)74-43-64(93)84(55(9)15-3)49-67(96)79(39-23-35-75-31-19-27-60(75)89)45-65(94)82(42-26-38-78-34-22-30-63(78)92)48-70(99)87(58(12)18-6)52-72(101)85(56(10)16-4)50-68(97)80(40-24-36-76-32-20-28-61(76)90)46-66(95)81(41-25-37-77-33-21-29-62(77)91)47-69(98)86(57(11)17-5)51-71(100)83(44-59(73)88)54(8)14-2/h53-58,74H,13-52H2,1-12H3,(H2,73,88). The van der Waals surface area contributed by atoms with Crippen LogP contribution in [0, 0.1) is 0 Å². The molecule has 3 N–H and O–H groups in total. The normalized spacial score (nSPS) is 16.4. The SMILES string of the molecule is CCC(C)NCC(=O)N(CC(=O)N(CCCN1CCCC1=O)CC(=O)N(CCCN1CCCC1=O)CC(=O)N(CC(=O)N(CC(=O)N(CCCN1CCCC1=O)CC(=O)N(CCCN1CCCC1=O)CC(=O)N(CC(=O)N(CC(N)=O)C(C)CC)C(C)CC)C(C)CC)C(C)CC)C(C)CC. The molecule has 29 heteroatoms. The number of primary amides is 1. The van der Waals surface area contributed by atoms with Crippen molar-refractivity contribution in [3.05, 3.63) is 0 Å². The van der Waals surface area contributed by atoms with Crippen LogP contribution in [0.2, 0.25) is 0 Å². The minimum absolute atomic E-state index is 0.00266. The van der Waals surface area contributed by atoms with Crippen molar-refractivity contribution in [1.82, 2.24) is 69.0 Å². The summed E-state index contributed by atoms with van der Waals surface area (Å²) < 4.78 is 0. The van der Waals surface area contributed by atoms with Crippen LogP contribution in [0.15, 0.2) is 0 Å². The Morgan fingerprint density at radius 2 is 0.564 bits per heavy atom. The minimum Gasteiger partial charge on any atom is -0.368 e. The number of carbonyl (C=O) groups excluding carboxylic acids is 14. The molecular formula is C72H125N15O14. The molecule has 29 nitrogen and oxygen atoms in total. The van der Waals surface area contributed by atoms with Gasteiger partial charge in [-0.05, 0) is 131 Å². The predicted octanol–water partition coefficient (Wildman–Crippen LogP) is 2.36. The molecule has 0 radical (unpaired) electrons. The lowest BCUT2D eigenvalue weighted by molar-refractivity contribution is -0.151. The Morgan fingerprint density at radius 3 is 0.802 bits per heavy atom. The molecule has 572 valence electrons. The summed E-state index contributed by atoms with van der Waals surface area (Å²) in [5.41, 5.74) is 5.56. The maximum Gasteiger partial charge on any atom is 0.242 e. The van der Waals surface area contributed by atoms with Gasteiger partial charge in [-0.2, -0.15) is 0 Å². The molecule has 0 spiro atoms. The molecule has 0 aliphatic carbocycles. The predicted molar refractivity (Wildman–Crippen MR) is 382 cm³/mol. The number of hydrogen-bond acceptors (Lipinski definition) is 15. The van der Waals surface area contributed by atoms with E-state index >= 15 is 24.0 Å². The van der Waals surface area contributed by atoms with Crippen LogP contribution >= 0.6 is 0 Å². The number of nitrogens with one attached hydrogen (secondary N) is 1. The van der Waals surface area contributed by atoms with Crippen molar-refractivity contribution < 1.29 is 67.1 Å². The van der Waals surface area contributed by atoms with Crippen LogP contribution in [-0.2, 0) is 67.1 Å². The average molecular weight is 1420 g/mol. The Morgan fingerprint density at radius 1 is 0.337 bits per heavy atom. The van der Waals surface area contributed by atoms with Crippen molar-refractivity contribution in [1.29, 1.82) is 0 Å². The van der Waals surface area contributed by atoms with Gasteiger partial charge in [-0.1, -0.05) is 41.5 Å². The molecule has 0 bridgehead atoms. The molecule has 0 aromatic carbocycles. The molecule has 4 rings (SSSR count). The van der Waals surface area contributed by atoms with E-state index in [2.05, 4.69) is 5.32 Å². The number of nitrogens with zero attached hydrogens (tertiary/aromatic N) is 13. The molecular weight excluding hydrogens is 1300 g/mol. The van der Waals surface area contributed by atoms with Gasteiger partial charge in [0.1, 0.15) is 26.2 Å². The third-order valence-corrected chi connectivity index (χ3v) is 20.8. The molecule has 6 atom stereocenters. The van der Waals surface area contributed by atoms with Gasteiger partial charge >= 0.3 is 0 Å². The van der Waals surface area contributed by atoms with Crippen LogP contribution in [0.25, 0.3) is 0 Å². The van der Waals surface area contributed by atoms with Crippen molar-refractivity contribution in [3.8, 4) is 0 Å². The molecule has 0 aromatic heterocycles. The zero-order valence-electron chi connectivity index (χ0n) is 63.4.